The second-order valence-corrected chi connectivity index (χ2v) is 5.78. The summed E-state index contributed by atoms with van der Waals surface area (Å²) in [7, 11) is 0. The van der Waals surface area contributed by atoms with E-state index in [4.69, 9.17) is 0 Å². The number of aliphatic hydroxyl groups excluding tert-OH is 1. The molecular formula is C13H11BrF2O2S. The minimum atomic E-state index is -2.90. The highest BCUT2D eigenvalue weighted by Gasteiger charge is 2.17. The topological polar surface area (TPSA) is 29.5 Å². The summed E-state index contributed by atoms with van der Waals surface area (Å²) < 4.78 is 29.9. The summed E-state index contributed by atoms with van der Waals surface area (Å²) in [5.74, 6) is 0.0145. The minimum absolute atomic E-state index is 0.0145. The number of alkyl halides is 2. The van der Waals surface area contributed by atoms with Crippen molar-refractivity contribution in [2.24, 2.45) is 0 Å². The Morgan fingerprint density at radius 2 is 2.05 bits per heavy atom. The number of para-hydroxylation sites is 1. The van der Waals surface area contributed by atoms with Crippen LogP contribution in [0.2, 0.25) is 0 Å². The molecule has 1 aromatic heterocycles. The van der Waals surface area contributed by atoms with Gasteiger partial charge >= 0.3 is 6.61 Å². The number of aliphatic hydroxyl groups is 1. The van der Waals surface area contributed by atoms with E-state index < -0.39 is 12.7 Å². The number of benzene rings is 1. The van der Waals surface area contributed by atoms with Crippen LogP contribution in [-0.4, -0.2) is 11.7 Å². The van der Waals surface area contributed by atoms with Gasteiger partial charge in [0, 0.05) is 26.7 Å². The van der Waals surface area contributed by atoms with Gasteiger partial charge in [-0.15, -0.1) is 11.3 Å². The summed E-state index contributed by atoms with van der Waals surface area (Å²) in [6.45, 7) is -2.90. The van der Waals surface area contributed by atoms with Gasteiger partial charge in [-0.3, -0.25) is 0 Å². The van der Waals surface area contributed by atoms with Crippen molar-refractivity contribution >= 4 is 27.3 Å². The van der Waals surface area contributed by atoms with Crippen LogP contribution in [0.4, 0.5) is 8.78 Å². The summed E-state index contributed by atoms with van der Waals surface area (Å²) in [6, 6.07) is 8.18. The standard InChI is InChI=1S/C13H11BrF2O2S/c14-8-5-9(19-7-8)6-11(17)10-3-1-2-4-12(10)18-13(15)16/h1-5,7,11,13,17H,6H2. The second-order valence-electron chi connectivity index (χ2n) is 3.87. The van der Waals surface area contributed by atoms with Crippen LogP contribution < -0.4 is 4.74 Å². The van der Waals surface area contributed by atoms with Crippen molar-refractivity contribution in [1.29, 1.82) is 0 Å². The first-order valence-corrected chi connectivity index (χ1v) is 7.18. The van der Waals surface area contributed by atoms with E-state index in [0.29, 0.717) is 12.0 Å². The van der Waals surface area contributed by atoms with E-state index in [1.54, 1.807) is 18.2 Å². The van der Waals surface area contributed by atoms with Crippen molar-refractivity contribution < 1.29 is 18.6 Å². The fourth-order valence-electron chi connectivity index (χ4n) is 1.72. The maximum Gasteiger partial charge on any atom is 0.387 e. The van der Waals surface area contributed by atoms with E-state index >= 15 is 0 Å². The number of ether oxygens (including phenoxy) is 1. The second kappa shape index (κ2) is 6.45. The molecule has 0 aliphatic carbocycles. The molecule has 2 aromatic rings. The molecule has 0 saturated carbocycles. The molecular weight excluding hydrogens is 338 g/mol. The quantitative estimate of drug-likeness (QED) is 0.868. The third-order valence-electron chi connectivity index (χ3n) is 2.51. The van der Waals surface area contributed by atoms with E-state index in [0.717, 1.165) is 9.35 Å². The van der Waals surface area contributed by atoms with Crippen molar-refractivity contribution in [3.63, 3.8) is 0 Å². The average molecular weight is 349 g/mol. The predicted molar refractivity (Wildman–Crippen MR) is 73.8 cm³/mol. The molecule has 2 nitrogen and oxygen atoms in total. The molecule has 19 heavy (non-hydrogen) atoms. The van der Waals surface area contributed by atoms with Gasteiger partial charge in [-0.2, -0.15) is 8.78 Å². The van der Waals surface area contributed by atoms with Gasteiger partial charge in [0.2, 0.25) is 0 Å². The van der Waals surface area contributed by atoms with Gasteiger partial charge < -0.3 is 9.84 Å². The highest BCUT2D eigenvalue weighted by Crippen LogP contribution is 2.31. The van der Waals surface area contributed by atoms with Crippen LogP contribution in [0.15, 0.2) is 40.2 Å². The third-order valence-corrected chi connectivity index (χ3v) is 4.23. The lowest BCUT2D eigenvalue weighted by Gasteiger charge is -2.15. The Balaban J connectivity index is 2.16. The van der Waals surface area contributed by atoms with Crippen molar-refractivity contribution in [2.75, 3.05) is 0 Å². The predicted octanol–water partition coefficient (Wildman–Crippen LogP) is 4.39. The number of thiophene rings is 1. The van der Waals surface area contributed by atoms with E-state index in [9.17, 15) is 13.9 Å². The number of rotatable bonds is 5. The first kappa shape index (κ1) is 14.4. The van der Waals surface area contributed by atoms with E-state index in [1.807, 2.05) is 11.4 Å². The smallest absolute Gasteiger partial charge is 0.387 e. The largest absolute Gasteiger partial charge is 0.434 e. The van der Waals surface area contributed by atoms with Crippen LogP contribution in [-0.2, 0) is 6.42 Å². The van der Waals surface area contributed by atoms with Crippen molar-refractivity contribution in [2.45, 2.75) is 19.1 Å². The molecule has 2 rings (SSSR count). The zero-order chi connectivity index (χ0) is 13.8. The Kier molecular flexibility index (Phi) is 4.90. The normalized spacial score (nSPS) is 12.7. The van der Waals surface area contributed by atoms with Gasteiger partial charge in [-0.05, 0) is 28.1 Å². The Hall–Kier alpha value is -0.980. The molecule has 102 valence electrons. The van der Waals surface area contributed by atoms with Crippen LogP contribution in [0.25, 0.3) is 0 Å². The third kappa shape index (κ3) is 3.99. The lowest BCUT2D eigenvalue weighted by molar-refractivity contribution is -0.0515. The summed E-state index contributed by atoms with van der Waals surface area (Å²) in [5, 5.41) is 12.0. The molecule has 0 amide bonds. The van der Waals surface area contributed by atoms with Crippen molar-refractivity contribution in [3.8, 4) is 5.75 Å². The summed E-state index contributed by atoms with van der Waals surface area (Å²) in [4.78, 5) is 0.964. The summed E-state index contributed by atoms with van der Waals surface area (Å²) in [6.07, 6.45) is -0.514. The molecule has 1 aromatic carbocycles. The molecule has 6 heteroatoms. The van der Waals surface area contributed by atoms with E-state index in [1.165, 1.54) is 17.4 Å². The lowest BCUT2D eigenvalue weighted by atomic mass is 10.0. The fourth-order valence-corrected chi connectivity index (χ4v) is 3.21. The minimum Gasteiger partial charge on any atom is -0.434 e. The fraction of sp³-hybridized carbons (Fsp3) is 0.231. The first-order valence-electron chi connectivity index (χ1n) is 5.51. The van der Waals surface area contributed by atoms with Crippen molar-refractivity contribution in [3.05, 3.63) is 50.6 Å². The number of hydrogen-bond donors (Lipinski definition) is 1. The molecule has 0 aliphatic rings. The van der Waals surface area contributed by atoms with Gasteiger partial charge in [0.15, 0.2) is 0 Å². The molecule has 0 spiro atoms. The molecule has 0 aliphatic heterocycles. The highest BCUT2D eigenvalue weighted by atomic mass is 79.9. The highest BCUT2D eigenvalue weighted by molar-refractivity contribution is 9.10. The maximum atomic E-state index is 12.3. The summed E-state index contributed by atoms with van der Waals surface area (Å²) >= 11 is 4.83. The van der Waals surface area contributed by atoms with E-state index in [2.05, 4.69) is 20.7 Å². The molecule has 0 radical (unpaired) electrons. The van der Waals surface area contributed by atoms with E-state index in [-0.39, 0.29) is 5.75 Å². The number of hydrogen-bond acceptors (Lipinski definition) is 3. The summed E-state index contributed by atoms with van der Waals surface area (Å²) in [5.41, 5.74) is 0.368. The van der Waals surface area contributed by atoms with Crippen LogP contribution in [0.3, 0.4) is 0 Å². The molecule has 0 bridgehead atoms. The van der Waals surface area contributed by atoms with Crippen LogP contribution in [0.1, 0.15) is 16.5 Å². The van der Waals surface area contributed by atoms with Crippen LogP contribution in [0.5, 0.6) is 5.75 Å². The van der Waals surface area contributed by atoms with Crippen LogP contribution >= 0.6 is 27.3 Å². The van der Waals surface area contributed by atoms with Gasteiger partial charge in [0.05, 0.1) is 6.10 Å². The molecule has 0 fully saturated rings. The number of halogens is 3. The molecule has 1 atom stereocenters. The SMILES string of the molecule is OC(Cc1cc(Br)cs1)c1ccccc1OC(F)F. The monoisotopic (exact) mass is 348 g/mol. The van der Waals surface area contributed by atoms with Gasteiger partial charge in [-0.25, -0.2) is 0 Å². The first-order chi connectivity index (χ1) is 9.06. The van der Waals surface area contributed by atoms with Gasteiger partial charge in [0.25, 0.3) is 0 Å². The van der Waals surface area contributed by atoms with Crippen LogP contribution in [0, 0.1) is 0 Å². The lowest BCUT2D eigenvalue weighted by Crippen LogP contribution is -2.08. The molecule has 0 saturated heterocycles. The Bertz CT molecular complexity index is 545. The Morgan fingerprint density at radius 1 is 1.32 bits per heavy atom. The maximum absolute atomic E-state index is 12.3. The molecule has 1 N–H and O–H groups in total. The van der Waals surface area contributed by atoms with Gasteiger partial charge in [0.1, 0.15) is 5.75 Å². The average Bonchev–Trinajstić information content (AvgIpc) is 2.74. The molecule has 1 heterocycles. The Labute approximate surface area is 121 Å². The molecule has 1 unspecified atom stereocenters. The van der Waals surface area contributed by atoms with Gasteiger partial charge in [-0.1, -0.05) is 18.2 Å². The van der Waals surface area contributed by atoms with Crippen molar-refractivity contribution in [1.82, 2.24) is 0 Å². The zero-order valence-corrected chi connectivity index (χ0v) is 12.1. The Morgan fingerprint density at radius 3 is 2.68 bits per heavy atom. The zero-order valence-electron chi connectivity index (χ0n) is 9.72.